The number of esters is 1. The fourth-order valence-electron chi connectivity index (χ4n) is 9.82. The standard InChI is InChI=1S/C39H52N4O10S/c40-39(52,36(50)51)17-9-28(44)42-27(32(45)43-33(46)34(47)48)22-54-31-30-29-25(35(49)53-30)21-24(20-23-10-18-41-19-11-23)38(15-6-7-16-38)26(29)8-2-1-3-12-37(31)13-4-5-14-37/h10-11,18-19,21,25-27,31,33,46,52H,1-9,12-17,20,22,40H2,(H,42,44)(H,43,45)(H,47,48)(H,50,51)/t25-,26-,27+,31+,33+,39-/m1/s1. The van der Waals surface area contributed by atoms with Gasteiger partial charge in [-0.2, -0.15) is 0 Å². The Bertz CT molecular complexity index is 1670. The van der Waals surface area contributed by atoms with Gasteiger partial charge in [0.25, 0.3) is 0 Å². The number of hydrogen-bond donors (Lipinski definition) is 7. The van der Waals surface area contributed by atoms with Crippen LogP contribution in [0.4, 0.5) is 0 Å². The first-order valence-electron chi connectivity index (χ1n) is 19.2. The molecular weight excluding hydrogens is 717 g/mol. The number of aromatic nitrogens is 1. The van der Waals surface area contributed by atoms with Crippen LogP contribution in [0.15, 0.2) is 47.5 Å². The van der Waals surface area contributed by atoms with Crippen LogP contribution in [0, 0.1) is 22.7 Å². The number of pyridine rings is 1. The molecule has 6 rings (SSSR count). The average Bonchev–Trinajstić information content (AvgIpc) is 3.89. The zero-order valence-corrected chi connectivity index (χ0v) is 31.3. The fraction of sp³-hybridized carbons (Fsp3) is 0.641. The van der Waals surface area contributed by atoms with Crippen molar-refractivity contribution in [2.45, 2.75) is 126 Å². The third-order valence-electron chi connectivity index (χ3n) is 12.5. The Hall–Kier alpha value is -3.79. The van der Waals surface area contributed by atoms with Gasteiger partial charge in [-0.3, -0.25) is 25.1 Å². The lowest BCUT2D eigenvalue weighted by atomic mass is 9.57. The number of ether oxygens (including phenoxy) is 1. The number of carbonyl (C=O) groups excluding carboxylic acids is 3. The van der Waals surface area contributed by atoms with Crippen molar-refractivity contribution in [1.29, 1.82) is 0 Å². The van der Waals surface area contributed by atoms with Gasteiger partial charge in [0.2, 0.25) is 23.8 Å². The smallest absolute Gasteiger partial charge is 0.353 e. The van der Waals surface area contributed by atoms with Crippen LogP contribution in [-0.4, -0.2) is 84.1 Å². The summed E-state index contributed by atoms with van der Waals surface area (Å²) in [5.41, 5.74) is 5.85. The first-order valence-corrected chi connectivity index (χ1v) is 20.2. The van der Waals surface area contributed by atoms with Crippen LogP contribution in [0.25, 0.3) is 0 Å². The Morgan fingerprint density at radius 3 is 2.28 bits per heavy atom. The number of fused-ring (bicyclic) bond motifs is 1. The molecule has 0 unspecified atom stereocenters. The van der Waals surface area contributed by atoms with Crippen LogP contribution in [0.5, 0.6) is 0 Å². The molecule has 0 aromatic carbocycles. The second-order valence-corrected chi connectivity index (χ2v) is 17.0. The van der Waals surface area contributed by atoms with Gasteiger partial charge in [-0.25, -0.2) is 9.59 Å². The van der Waals surface area contributed by atoms with Gasteiger partial charge in [0.1, 0.15) is 17.7 Å². The van der Waals surface area contributed by atoms with E-state index >= 15 is 0 Å². The molecule has 0 radical (unpaired) electrons. The first-order chi connectivity index (χ1) is 25.8. The number of nitrogens with one attached hydrogen (secondary N) is 2. The Kier molecular flexibility index (Phi) is 12.2. The lowest BCUT2D eigenvalue weighted by Crippen LogP contribution is -2.54. The van der Waals surface area contributed by atoms with Crippen molar-refractivity contribution >= 4 is 41.5 Å². The van der Waals surface area contributed by atoms with E-state index in [1.807, 2.05) is 17.4 Å². The molecule has 2 fully saturated rings. The quantitative estimate of drug-likeness (QED) is 0.0868. The maximum absolute atomic E-state index is 14.1. The number of carboxylic acids is 2. The molecule has 6 atom stereocenters. The molecule has 0 saturated heterocycles. The molecular formula is C39H52N4O10S. The Morgan fingerprint density at radius 2 is 1.63 bits per heavy atom. The summed E-state index contributed by atoms with van der Waals surface area (Å²) in [6, 6.07) is 2.69. The molecule has 2 amide bonds. The number of nitrogens with zero attached hydrogens (tertiary/aromatic N) is 1. The van der Waals surface area contributed by atoms with Crippen molar-refractivity contribution in [2.75, 3.05) is 5.75 Å². The molecule has 1 aromatic heterocycles. The molecule has 2 heterocycles. The minimum atomic E-state index is -2.68. The van der Waals surface area contributed by atoms with E-state index < -0.39 is 60.5 Å². The number of carboxylic acid groups (broad SMARTS) is 2. The number of allylic oxidation sites excluding steroid dienone is 1. The fourth-order valence-corrected chi connectivity index (χ4v) is 11.5. The molecule has 5 aliphatic rings. The maximum atomic E-state index is 14.1. The summed E-state index contributed by atoms with van der Waals surface area (Å²) in [5.74, 6) is -5.31. The zero-order valence-electron chi connectivity index (χ0n) is 30.5. The summed E-state index contributed by atoms with van der Waals surface area (Å²) in [5, 5.41) is 42.6. The SMILES string of the molecule is N[C@@](O)(CCC(=O)N[C@@H](CS[C@H]1C2=C3[C@@H](C=C(Cc4ccncc4)C4(CCCC4)[C@@H]3CCCCCC13CCCC3)C(=O)O2)C(=O)N[C@@H](O)C(=O)O)C(=O)O. The third kappa shape index (κ3) is 8.24. The van der Waals surface area contributed by atoms with E-state index in [4.69, 9.17) is 10.5 Å². The monoisotopic (exact) mass is 768 g/mol. The van der Waals surface area contributed by atoms with Gasteiger partial charge >= 0.3 is 17.9 Å². The minimum absolute atomic E-state index is 0.0694. The molecule has 14 nitrogen and oxygen atoms in total. The molecule has 8 N–H and O–H groups in total. The molecule has 2 saturated carbocycles. The highest BCUT2D eigenvalue weighted by Gasteiger charge is 2.57. The van der Waals surface area contributed by atoms with Crippen LogP contribution in [-0.2, 0) is 35.1 Å². The van der Waals surface area contributed by atoms with Gasteiger partial charge in [-0.15, -0.1) is 11.8 Å². The topological polar surface area (TPSA) is 238 Å². The highest BCUT2D eigenvalue weighted by molar-refractivity contribution is 8.00. The van der Waals surface area contributed by atoms with Gasteiger partial charge < -0.3 is 35.8 Å². The molecule has 294 valence electrons. The zero-order chi connectivity index (χ0) is 38.7. The van der Waals surface area contributed by atoms with Gasteiger partial charge in [0.15, 0.2) is 0 Å². The van der Waals surface area contributed by atoms with E-state index in [0.717, 1.165) is 101 Å². The van der Waals surface area contributed by atoms with E-state index in [0.29, 0.717) is 5.76 Å². The number of aliphatic carboxylic acids is 2. The lowest BCUT2D eigenvalue weighted by molar-refractivity contribution is -0.159. The summed E-state index contributed by atoms with van der Waals surface area (Å²) in [4.78, 5) is 67.6. The number of nitrogens with two attached hydrogens (primary N) is 1. The number of carbonyl (C=O) groups is 5. The van der Waals surface area contributed by atoms with Crippen molar-refractivity contribution in [3.05, 3.63) is 53.1 Å². The summed E-state index contributed by atoms with van der Waals surface area (Å²) in [6.45, 7) is 0. The molecule has 1 aliphatic heterocycles. The van der Waals surface area contributed by atoms with Crippen LogP contribution in [0.3, 0.4) is 0 Å². The van der Waals surface area contributed by atoms with Gasteiger partial charge in [-0.1, -0.05) is 56.6 Å². The number of hydrogen-bond acceptors (Lipinski definition) is 11. The van der Waals surface area contributed by atoms with Crippen LogP contribution in [0.1, 0.15) is 102 Å². The van der Waals surface area contributed by atoms with E-state index in [1.165, 1.54) is 17.3 Å². The molecule has 1 aromatic rings. The molecule has 15 heteroatoms. The highest BCUT2D eigenvalue weighted by atomic mass is 32.2. The molecule has 2 spiro atoms. The second-order valence-electron chi connectivity index (χ2n) is 15.8. The predicted molar refractivity (Wildman–Crippen MR) is 197 cm³/mol. The number of aliphatic hydroxyl groups excluding tert-OH is 1. The van der Waals surface area contributed by atoms with Crippen molar-refractivity contribution in [3.63, 3.8) is 0 Å². The predicted octanol–water partition coefficient (Wildman–Crippen LogP) is 3.31. The highest BCUT2D eigenvalue weighted by Crippen LogP contribution is 2.63. The van der Waals surface area contributed by atoms with E-state index in [-0.39, 0.29) is 33.7 Å². The van der Waals surface area contributed by atoms with Crippen molar-refractivity contribution in [3.8, 4) is 0 Å². The van der Waals surface area contributed by atoms with Gasteiger partial charge in [0, 0.05) is 31.0 Å². The summed E-state index contributed by atoms with van der Waals surface area (Å²) >= 11 is 1.39. The van der Waals surface area contributed by atoms with Gasteiger partial charge in [-0.05, 0) is 85.0 Å². The van der Waals surface area contributed by atoms with Crippen LogP contribution >= 0.6 is 11.8 Å². The number of rotatable bonds is 13. The molecule has 0 bridgehead atoms. The van der Waals surface area contributed by atoms with Crippen molar-refractivity contribution in [2.24, 2.45) is 28.4 Å². The average molecular weight is 769 g/mol. The first kappa shape index (κ1) is 39.9. The van der Waals surface area contributed by atoms with Crippen molar-refractivity contribution < 1.29 is 49.1 Å². The largest absolute Gasteiger partial charge is 0.478 e. The van der Waals surface area contributed by atoms with Crippen LogP contribution < -0.4 is 16.4 Å². The Morgan fingerprint density at radius 1 is 0.981 bits per heavy atom. The third-order valence-corrected chi connectivity index (χ3v) is 14.1. The summed E-state index contributed by atoms with van der Waals surface area (Å²) in [7, 11) is 0. The van der Waals surface area contributed by atoms with E-state index in [2.05, 4.69) is 16.4 Å². The number of thioether (sulfide) groups is 1. The lowest BCUT2D eigenvalue weighted by Gasteiger charge is -2.47. The van der Waals surface area contributed by atoms with E-state index in [9.17, 15) is 44.4 Å². The van der Waals surface area contributed by atoms with Crippen LogP contribution in [0.2, 0.25) is 0 Å². The molecule has 54 heavy (non-hydrogen) atoms. The normalized spacial score (nSPS) is 26.6. The molecule has 4 aliphatic carbocycles. The summed E-state index contributed by atoms with van der Waals surface area (Å²) in [6.07, 6.45) is 16.0. The Balaban J connectivity index is 1.38. The van der Waals surface area contributed by atoms with Gasteiger partial charge in [0.05, 0.1) is 5.25 Å². The summed E-state index contributed by atoms with van der Waals surface area (Å²) < 4.78 is 6.44. The second kappa shape index (κ2) is 16.5. The number of aliphatic hydroxyl groups is 2. The van der Waals surface area contributed by atoms with Crippen molar-refractivity contribution in [1.82, 2.24) is 15.6 Å². The van der Waals surface area contributed by atoms with E-state index in [1.54, 1.807) is 12.4 Å². The number of amides is 2. The minimum Gasteiger partial charge on any atom is -0.478 e. The Labute approximate surface area is 318 Å². The maximum Gasteiger partial charge on any atom is 0.353 e.